The highest BCUT2D eigenvalue weighted by atomic mass is 32.1. The Morgan fingerprint density at radius 1 is 1.29 bits per heavy atom. The summed E-state index contributed by atoms with van der Waals surface area (Å²) in [5.74, 6) is 1.52. The van der Waals surface area contributed by atoms with Crippen LogP contribution in [0, 0.1) is 13.8 Å². The van der Waals surface area contributed by atoms with Crippen LogP contribution >= 0.6 is 11.3 Å². The van der Waals surface area contributed by atoms with Gasteiger partial charge in [-0.2, -0.15) is 4.98 Å². The molecule has 0 aliphatic heterocycles. The molecule has 2 aromatic heterocycles. The lowest BCUT2D eigenvalue weighted by atomic mass is 10.1. The van der Waals surface area contributed by atoms with Gasteiger partial charge in [-0.25, -0.2) is 0 Å². The van der Waals surface area contributed by atoms with Gasteiger partial charge in [0.25, 0.3) is 0 Å². The molecule has 0 bridgehead atoms. The number of benzene rings is 1. The Hall–Kier alpha value is -1.85. The number of nitrogens with one attached hydrogen (secondary N) is 1. The standard InChI is InChI=1S/C16H19N3OS/c1-4-17-10-14-15(18-16-19(14)7-8-21-16)20-13-6-5-11(2)12(3)9-13/h5-9,17H,4,10H2,1-3H3. The van der Waals surface area contributed by atoms with Crippen molar-refractivity contribution in [3.8, 4) is 11.6 Å². The highest BCUT2D eigenvalue weighted by Crippen LogP contribution is 2.28. The fourth-order valence-electron chi connectivity index (χ4n) is 2.19. The lowest BCUT2D eigenvalue weighted by molar-refractivity contribution is 0.455. The fourth-order valence-corrected chi connectivity index (χ4v) is 2.91. The van der Waals surface area contributed by atoms with Crippen molar-refractivity contribution in [3.63, 3.8) is 0 Å². The Bertz CT molecular complexity index is 760. The maximum atomic E-state index is 6.02. The van der Waals surface area contributed by atoms with Gasteiger partial charge in [-0.3, -0.25) is 4.40 Å². The third-order valence-corrected chi connectivity index (χ3v) is 4.32. The summed E-state index contributed by atoms with van der Waals surface area (Å²) in [6.45, 7) is 7.94. The monoisotopic (exact) mass is 301 g/mol. The van der Waals surface area contributed by atoms with Gasteiger partial charge in [0.05, 0.1) is 0 Å². The Morgan fingerprint density at radius 3 is 2.90 bits per heavy atom. The molecule has 0 amide bonds. The third kappa shape index (κ3) is 2.80. The SMILES string of the molecule is CCNCc1c(Oc2ccc(C)c(C)c2)nc2sccn12. The van der Waals surface area contributed by atoms with Crippen molar-refractivity contribution in [2.24, 2.45) is 0 Å². The zero-order chi connectivity index (χ0) is 14.8. The number of imidazole rings is 1. The minimum Gasteiger partial charge on any atom is -0.437 e. The Balaban J connectivity index is 1.94. The van der Waals surface area contributed by atoms with E-state index in [-0.39, 0.29) is 0 Å². The van der Waals surface area contributed by atoms with E-state index in [9.17, 15) is 0 Å². The van der Waals surface area contributed by atoms with Crippen LogP contribution in [0.1, 0.15) is 23.7 Å². The molecule has 21 heavy (non-hydrogen) atoms. The average Bonchev–Trinajstić information content (AvgIpc) is 3.02. The molecule has 0 radical (unpaired) electrons. The second-order valence-corrected chi connectivity index (χ2v) is 5.92. The quantitative estimate of drug-likeness (QED) is 0.776. The molecule has 2 heterocycles. The van der Waals surface area contributed by atoms with Crippen LogP contribution in [0.4, 0.5) is 0 Å². The summed E-state index contributed by atoms with van der Waals surface area (Å²) in [7, 11) is 0. The number of nitrogens with zero attached hydrogens (tertiary/aromatic N) is 2. The summed E-state index contributed by atoms with van der Waals surface area (Å²) in [6, 6.07) is 6.12. The summed E-state index contributed by atoms with van der Waals surface area (Å²) in [6.07, 6.45) is 2.03. The molecule has 4 nitrogen and oxygen atoms in total. The number of hydrogen-bond acceptors (Lipinski definition) is 4. The van der Waals surface area contributed by atoms with Crippen molar-refractivity contribution in [2.75, 3.05) is 6.54 Å². The van der Waals surface area contributed by atoms with E-state index in [0.29, 0.717) is 5.88 Å². The lowest BCUT2D eigenvalue weighted by Crippen LogP contribution is -2.13. The normalized spacial score (nSPS) is 11.2. The van der Waals surface area contributed by atoms with Crippen LogP contribution in [0.5, 0.6) is 11.6 Å². The Kier molecular flexibility index (Phi) is 3.94. The van der Waals surface area contributed by atoms with Crippen LogP contribution in [0.25, 0.3) is 4.96 Å². The predicted molar refractivity (Wildman–Crippen MR) is 86.4 cm³/mol. The van der Waals surface area contributed by atoms with E-state index in [4.69, 9.17) is 4.74 Å². The molecule has 110 valence electrons. The molecule has 3 rings (SSSR count). The fraction of sp³-hybridized carbons (Fsp3) is 0.312. The van der Waals surface area contributed by atoms with Crippen LogP contribution < -0.4 is 10.1 Å². The summed E-state index contributed by atoms with van der Waals surface area (Å²) < 4.78 is 8.11. The zero-order valence-corrected chi connectivity index (χ0v) is 13.3. The van der Waals surface area contributed by atoms with Gasteiger partial charge in [-0.05, 0) is 43.7 Å². The first-order chi connectivity index (χ1) is 10.2. The van der Waals surface area contributed by atoms with E-state index in [0.717, 1.165) is 29.5 Å². The molecule has 0 fully saturated rings. The molecular formula is C16H19N3OS. The van der Waals surface area contributed by atoms with Gasteiger partial charge in [0.15, 0.2) is 4.96 Å². The minimum atomic E-state index is 0.686. The number of aryl methyl sites for hydroxylation is 2. The van der Waals surface area contributed by atoms with E-state index in [1.807, 2.05) is 17.6 Å². The Labute approximate surface area is 128 Å². The highest BCUT2D eigenvalue weighted by Gasteiger charge is 2.15. The second kappa shape index (κ2) is 5.87. The van der Waals surface area contributed by atoms with Crippen molar-refractivity contribution in [2.45, 2.75) is 27.3 Å². The third-order valence-electron chi connectivity index (χ3n) is 3.56. The van der Waals surface area contributed by atoms with Crippen LogP contribution in [0.3, 0.4) is 0 Å². The Morgan fingerprint density at radius 2 is 2.14 bits per heavy atom. The second-order valence-electron chi connectivity index (χ2n) is 5.05. The molecular weight excluding hydrogens is 282 g/mol. The lowest BCUT2D eigenvalue weighted by Gasteiger charge is -2.08. The van der Waals surface area contributed by atoms with Gasteiger partial charge in [0.1, 0.15) is 11.4 Å². The van der Waals surface area contributed by atoms with Crippen molar-refractivity contribution in [1.29, 1.82) is 0 Å². The van der Waals surface area contributed by atoms with Crippen LogP contribution in [-0.4, -0.2) is 15.9 Å². The summed E-state index contributed by atoms with van der Waals surface area (Å²) in [4.78, 5) is 5.55. The van der Waals surface area contributed by atoms with E-state index in [2.05, 4.69) is 47.6 Å². The van der Waals surface area contributed by atoms with Gasteiger partial charge in [-0.15, -0.1) is 11.3 Å². The molecule has 1 N–H and O–H groups in total. The van der Waals surface area contributed by atoms with Gasteiger partial charge in [0.2, 0.25) is 5.88 Å². The molecule has 0 atom stereocenters. The molecule has 3 aromatic rings. The molecule has 0 saturated heterocycles. The number of aromatic nitrogens is 2. The van der Waals surface area contributed by atoms with Crippen LogP contribution in [-0.2, 0) is 6.54 Å². The largest absolute Gasteiger partial charge is 0.437 e. The van der Waals surface area contributed by atoms with Gasteiger partial charge in [-0.1, -0.05) is 13.0 Å². The molecule has 0 unspecified atom stereocenters. The van der Waals surface area contributed by atoms with Gasteiger partial charge >= 0.3 is 0 Å². The molecule has 0 aliphatic carbocycles. The van der Waals surface area contributed by atoms with Gasteiger partial charge in [0, 0.05) is 18.1 Å². The van der Waals surface area contributed by atoms with Crippen molar-refractivity contribution < 1.29 is 4.74 Å². The molecule has 0 saturated carbocycles. The first-order valence-corrected chi connectivity index (χ1v) is 7.97. The highest BCUT2D eigenvalue weighted by molar-refractivity contribution is 7.15. The summed E-state index contributed by atoms with van der Waals surface area (Å²) >= 11 is 1.62. The number of hydrogen-bond donors (Lipinski definition) is 1. The van der Waals surface area contributed by atoms with Crippen molar-refractivity contribution in [3.05, 3.63) is 46.6 Å². The van der Waals surface area contributed by atoms with Crippen molar-refractivity contribution >= 4 is 16.3 Å². The zero-order valence-electron chi connectivity index (χ0n) is 12.5. The molecule has 0 spiro atoms. The molecule has 5 heteroatoms. The topological polar surface area (TPSA) is 38.6 Å². The first-order valence-electron chi connectivity index (χ1n) is 7.09. The van der Waals surface area contributed by atoms with Crippen LogP contribution in [0.15, 0.2) is 29.8 Å². The minimum absolute atomic E-state index is 0.686. The van der Waals surface area contributed by atoms with E-state index < -0.39 is 0 Å². The number of ether oxygens (including phenoxy) is 1. The van der Waals surface area contributed by atoms with E-state index >= 15 is 0 Å². The average molecular weight is 301 g/mol. The summed E-state index contributed by atoms with van der Waals surface area (Å²) in [5.41, 5.74) is 3.55. The predicted octanol–water partition coefficient (Wildman–Crippen LogP) is 3.91. The van der Waals surface area contributed by atoms with Gasteiger partial charge < -0.3 is 10.1 Å². The first kappa shape index (κ1) is 14.1. The summed E-state index contributed by atoms with van der Waals surface area (Å²) in [5, 5.41) is 5.38. The number of fused-ring (bicyclic) bond motifs is 1. The molecule has 0 aliphatic rings. The van der Waals surface area contributed by atoms with E-state index in [1.54, 1.807) is 11.3 Å². The maximum absolute atomic E-state index is 6.02. The smallest absolute Gasteiger partial charge is 0.243 e. The van der Waals surface area contributed by atoms with Crippen molar-refractivity contribution in [1.82, 2.24) is 14.7 Å². The maximum Gasteiger partial charge on any atom is 0.243 e. The number of thiazole rings is 1. The van der Waals surface area contributed by atoms with Crippen LogP contribution in [0.2, 0.25) is 0 Å². The van der Waals surface area contributed by atoms with E-state index in [1.165, 1.54) is 11.1 Å². The number of rotatable bonds is 5. The molecule has 1 aromatic carbocycles.